The van der Waals surface area contributed by atoms with Crippen LogP contribution in [0.15, 0.2) is 236 Å². The molecule has 0 fully saturated rings. The summed E-state index contributed by atoms with van der Waals surface area (Å²) in [5.74, 6) is 0. The van der Waals surface area contributed by atoms with Crippen LogP contribution in [0, 0.1) is 0 Å². The maximum atomic E-state index is 9.89. The second-order valence-electron chi connectivity index (χ2n) is 12.4. The van der Waals surface area contributed by atoms with Gasteiger partial charge in [0.15, 0.2) is 0 Å². The van der Waals surface area contributed by atoms with Crippen molar-refractivity contribution in [2.75, 3.05) is 4.90 Å². The number of fused-ring (bicyclic) bond motifs is 2. The van der Waals surface area contributed by atoms with E-state index in [2.05, 4.69) is 0 Å². The molecule has 0 amide bonds. The van der Waals surface area contributed by atoms with E-state index < -0.39 is 161 Å². The van der Waals surface area contributed by atoms with Crippen molar-refractivity contribution in [3.8, 4) is 55.6 Å². The first-order valence-corrected chi connectivity index (χ1v) is 17.4. The molecule has 0 aliphatic rings. The number of anilines is 3. The summed E-state index contributed by atoms with van der Waals surface area (Å²) in [5, 5.41) is -0.776. The van der Waals surface area contributed by atoms with E-state index in [1.54, 1.807) is 0 Å². The highest BCUT2D eigenvalue weighted by atomic mass is 15.1. The van der Waals surface area contributed by atoms with Gasteiger partial charge in [0.1, 0.15) is 0 Å². The summed E-state index contributed by atoms with van der Waals surface area (Å²) >= 11 is 0. The lowest BCUT2D eigenvalue weighted by Gasteiger charge is -2.29. The first kappa shape index (κ1) is 15.9. The van der Waals surface area contributed by atoms with Crippen LogP contribution in [0.2, 0.25) is 0 Å². The van der Waals surface area contributed by atoms with Gasteiger partial charge in [-0.1, -0.05) is 200 Å². The first-order valence-electron chi connectivity index (χ1n) is 30.9. The van der Waals surface area contributed by atoms with Gasteiger partial charge in [-0.2, -0.15) is 0 Å². The molecule has 1 heteroatoms. The molecule has 0 unspecified atom stereocenters. The predicted molar refractivity (Wildman–Crippen MR) is 243 cm³/mol. The van der Waals surface area contributed by atoms with Crippen LogP contribution in [-0.2, 0) is 0 Å². The normalized spacial score (nSPS) is 17.8. The standard InChI is InChI=1S/C56H39N/c1-4-15-40(16-5-1)46-31-38-56(55(39-46)43-19-8-3-9-20-43)57(47-32-27-44(28-33-47)50-26-14-22-42-21-10-11-23-49(42)50)48-34-29-45(30-35-48)52-37-36-51(41-17-6-2-7-18-41)53-24-12-13-25-54(52)53/h1-39H/i1D,2D,3D,4D,5D,6D,7D,8D,10D,11D,12D,13D,14D,15D,17D,18D,19D,21D,22D,23D,26D,27D,29D,31D,33D,34D,37D. The molecule has 0 N–H and O–H groups in total. The summed E-state index contributed by atoms with van der Waals surface area (Å²) in [7, 11) is 0. The Morgan fingerprint density at radius 2 is 0.965 bits per heavy atom. The van der Waals surface area contributed by atoms with E-state index in [0.717, 1.165) is 29.2 Å². The molecule has 268 valence electrons. The Labute approximate surface area is 372 Å². The molecule has 0 aliphatic carbocycles. The van der Waals surface area contributed by atoms with Crippen LogP contribution in [0.5, 0.6) is 0 Å². The molecule has 10 aromatic rings. The topological polar surface area (TPSA) is 3.24 Å². The van der Waals surface area contributed by atoms with E-state index >= 15 is 0 Å². The SMILES string of the molecule is [2H]c1cc2c(-c3c([2H])c([2H])c([2H])c([2H])c3[2H])cc([2H])c(-c3ccc(N(c4cc([2H])c(-c5c([2H])c([2H])c([2H])c6c([2H])c([2H])c([2H])c([2H])c56)cc4[2H])c4cc([2H])c(-c5cc([2H])c([2H])c([2H])c5[2H])cc4-c4ccc([2H])c([2H])c4[2H])c([2H])c3[2H])c2cc1[2H]. The predicted octanol–water partition coefficient (Wildman–Crippen LogP) is 15.8. The van der Waals surface area contributed by atoms with Gasteiger partial charge in [-0.15, -0.1) is 0 Å². The van der Waals surface area contributed by atoms with Crippen molar-refractivity contribution in [2.24, 2.45) is 0 Å². The Kier molecular flexibility index (Phi) is 4.19. The number of rotatable bonds is 8. The second-order valence-corrected chi connectivity index (χ2v) is 12.4. The molecular weight excluding hydrogens is 687 g/mol. The second kappa shape index (κ2) is 15.0. The summed E-state index contributed by atoms with van der Waals surface area (Å²) in [6.07, 6.45) is 0. The molecule has 0 aromatic heterocycles. The highest BCUT2D eigenvalue weighted by Crippen LogP contribution is 2.44. The highest BCUT2D eigenvalue weighted by Gasteiger charge is 2.19. The third-order valence-corrected chi connectivity index (χ3v) is 9.19. The monoisotopic (exact) mass is 752 g/mol. The van der Waals surface area contributed by atoms with Crippen LogP contribution >= 0.6 is 0 Å². The third kappa shape index (κ3) is 6.56. The molecule has 0 bridgehead atoms. The lowest BCUT2D eigenvalue weighted by atomic mass is 9.92. The van der Waals surface area contributed by atoms with Crippen LogP contribution in [0.1, 0.15) is 37.0 Å². The number of hydrogen-bond acceptors (Lipinski definition) is 1. The third-order valence-electron chi connectivity index (χ3n) is 9.19. The van der Waals surface area contributed by atoms with Gasteiger partial charge in [0.05, 0.1) is 42.7 Å². The van der Waals surface area contributed by atoms with Crippen molar-refractivity contribution in [3.63, 3.8) is 0 Å². The molecule has 0 heterocycles. The van der Waals surface area contributed by atoms with Crippen molar-refractivity contribution in [2.45, 2.75) is 0 Å². The van der Waals surface area contributed by atoms with Crippen LogP contribution in [0.3, 0.4) is 0 Å². The van der Waals surface area contributed by atoms with Crippen molar-refractivity contribution >= 4 is 38.6 Å². The van der Waals surface area contributed by atoms with Gasteiger partial charge in [0, 0.05) is 16.9 Å². The lowest BCUT2D eigenvalue weighted by molar-refractivity contribution is 1.28. The molecule has 10 aromatic carbocycles. The van der Waals surface area contributed by atoms with Gasteiger partial charge >= 0.3 is 0 Å². The maximum absolute atomic E-state index is 9.89. The lowest BCUT2D eigenvalue weighted by Crippen LogP contribution is -2.11. The summed E-state index contributed by atoms with van der Waals surface area (Å²) in [4.78, 5) is 1.15. The fourth-order valence-electron chi connectivity index (χ4n) is 6.57. The smallest absolute Gasteiger partial charge is 0.0645 e. The quantitative estimate of drug-likeness (QED) is 0.149. The summed E-state index contributed by atoms with van der Waals surface area (Å²) < 4.78 is 239. The summed E-state index contributed by atoms with van der Waals surface area (Å²) in [6.45, 7) is 0. The molecule has 0 saturated heterocycles. The van der Waals surface area contributed by atoms with Crippen LogP contribution in [-0.4, -0.2) is 0 Å². The van der Waals surface area contributed by atoms with Gasteiger partial charge in [0.25, 0.3) is 0 Å². The van der Waals surface area contributed by atoms with Crippen molar-refractivity contribution in [3.05, 3.63) is 236 Å². The van der Waals surface area contributed by atoms with E-state index in [-0.39, 0.29) is 96.0 Å². The van der Waals surface area contributed by atoms with E-state index in [1.807, 2.05) is 0 Å². The molecule has 1 nitrogen and oxygen atoms in total. The molecule has 10 rings (SSSR count). The van der Waals surface area contributed by atoms with Crippen molar-refractivity contribution in [1.29, 1.82) is 0 Å². The number of hydrogen-bond donors (Lipinski definition) is 0. The molecule has 0 saturated carbocycles. The van der Waals surface area contributed by atoms with Crippen molar-refractivity contribution < 1.29 is 37.0 Å². The van der Waals surface area contributed by atoms with Gasteiger partial charge in [-0.05, 0) is 108 Å². The molecule has 0 spiro atoms. The minimum absolute atomic E-state index is 0.00811. The van der Waals surface area contributed by atoms with E-state index in [9.17, 15) is 9.60 Å². The van der Waals surface area contributed by atoms with Gasteiger partial charge in [0.2, 0.25) is 0 Å². The largest absolute Gasteiger partial charge is 0.310 e. The fraction of sp³-hybridized carbons (Fsp3) is 0. The Balaban J connectivity index is 1.31. The fourth-order valence-corrected chi connectivity index (χ4v) is 6.57. The average molecular weight is 753 g/mol. The Morgan fingerprint density at radius 1 is 0.298 bits per heavy atom. The Hall–Kier alpha value is -7.48. The molecule has 0 aliphatic heterocycles. The van der Waals surface area contributed by atoms with Gasteiger partial charge in [-0.25, -0.2) is 0 Å². The van der Waals surface area contributed by atoms with Crippen LogP contribution in [0.25, 0.3) is 77.2 Å². The Morgan fingerprint density at radius 3 is 1.88 bits per heavy atom. The minimum atomic E-state index is -0.762. The molecule has 57 heavy (non-hydrogen) atoms. The van der Waals surface area contributed by atoms with E-state index in [0.29, 0.717) is 0 Å². The van der Waals surface area contributed by atoms with Gasteiger partial charge < -0.3 is 4.90 Å². The molecule has 0 radical (unpaired) electrons. The number of nitrogens with zero attached hydrogens (tertiary/aromatic N) is 1. The molecule has 0 atom stereocenters. The van der Waals surface area contributed by atoms with Crippen LogP contribution in [0.4, 0.5) is 17.1 Å². The first-order chi connectivity index (χ1) is 39.4. The van der Waals surface area contributed by atoms with Crippen LogP contribution < -0.4 is 4.90 Å². The van der Waals surface area contributed by atoms with E-state index in [4.69, 9.17) is 27.4 Å². The minimum Gasteiger partial charge on any atom is -0.310 e. The zero-order chi connectivity index (χ0) is 61.5. The highest BCUT2D eigenvalue weighted by molar-refractivity contribution is 6.05. The molecular formula is C56H39N. The summed E-state index contributed by atoms with van der Waals surface area (Å²) in [6, 6.07) is -1.90. The Bertz CT molecular complexity index is 4560. The zero-order valence-corrected chi connectivity index (χ0v) is 29.4. The van der Waals surface area contributed by atoms with E-state index in [1.165, 1.54) is 48.5 Å². The zero-order valence-electron chi connectivity index (χ0n) is 56.4. The van der Waals surface area contributed by atoms with Crippen molar-refractivity contribution in [1.82, 2.24) is 0 Å². The average Bonchev–Trinajstić information content (AvgIpc) is 1.22. The maximum Gasteiger partial charge on any atom is 0.0645 e. The number of benzene rings is 10. The summed E-state index contributed by atoms with van der Waals surface area (Å²) in [5.41, 5.74) is -2.78. The van der Waals surface area contributed by atoms with Gasteiger partial charge in [-0.3, -0.25) is 0 Å².